The number of piperazine rings is 1. The number of carbonyl (C=O) groups excluding carboxylic acids is 3. The molecule has 35 heavy (non-hydrogen) atoms. The van der Waals surface area contributed by atoms with Gasteiger partial charge in [-0.1, -0.05) is 29.8 Å². The smallest absolute Gasteiger partial charge is 0.317 e. The van der Waals surface area contributed by atoms with Gasteiger partial charge in [0.05, 0.1) is 10.7 Å². The summed E-state index contributed by atoms with van der Waals surface area (Å²) in [6.45, 7) is 10.1. The zero-order valence-corrected chi connectivity index (χ0v) is 21.5. The molecule has 1 fully saturated rings. The standard InChI is InChI=1S/C26H34ClN5O3/c1-18(2)28-26(35)31-14-12-30(13-15-31)21-10-11-22(27)23(16-21)29-24(33)17-32(19(3)4)25(34)20-8-6-5-7-9-20/h5-11,16,18-19H,12-15,17H2,1-4H3,(H,28,35)(H,29,33). The summed E-state index contributed by atoms with van der Waals surface area (Å²) in [6.07, 6.45) is 0. The van der Waals surface area contributed by atoms with E-state index in [1.807, 2.05) is 45.9 Å². The Labute approximate surface area is 212 Å². The number of amides is 4. The second kappa shape index (κ2) is 11.9. The Bertz CT molecular complexity index is 1040. The van der Waals surface area contributed by atoms with E-state index in [2.05, 4.69) is 15.5 Å². The van der Waals surface area contributed by atoms with E-state index in [1.165, 1.54) is 4.90 Å². The number of hydrogen-bond acceptors (Lipinski definition) is 4. The topological polar surface area (TPSA) is 85.0 Å². The first-order valence-electron chi connectivity index (χ1n) is 11.9. The number of urea groups is 1. The predicted octanol–water partition coefficient (Wildman–Crippen LogP) is 4.07. The van der Waals surface area contributed by atoms with Gasteiger partial charge < -0.3 is 25.3 Å². The van der Waals surface area contributed by atoms with Gasteiger partial charge in [-0.2, -0.15) is 0 Å². The van der Waals surface area contributed by atoms with Crippen molar-refractivity contribution < 1.29 is 14.4 Å². The molecule has 0 aromatic heterocycles. The quantitative estimate of drug-likeness (QED) is 0.601. The number of nitrogens with zero attached hydrogens (tertiary/aromatic N) is 3. The van der Waals surface area contributed by atoms with Crippen LogP contribution in [0.4, 0.5) is 16.2 Å². The molecule has 0 aliphatic carbocycles. The first kappa shape index (κ1) is 26.3. The molecular weight excluding hydrogens is 466 g/mol. The molecule has 0 radical (unpaired) electrons. The van der Waals surface area contributed by atoms with Gasteiger partial charge in [-0.3, -0.25) is 9.59 Å². The van der Waals surface area contributed by atoms with Gasteiger partial charge >= 0.3 is 6.03 Å². The van der Waals surface area contributed by atoms with Crippen LogP contribution in [0.5, 0.6) is 0 Å². The van der Waals surface area contributed by atoms with E-state index in [0.29, 0.717) is 42.5 Å². The molecule has 0 unspecified atom stereocenters. The van der Waals surface area contributed by atoms with Gasteiger partial charge in [0.2, 0.25) is 5.91 Å². The van der Waals surface area contributed by atoms with E-state index in [9.17, 15) is 14.4 Å². The monoisotopic (exact) mass is 499 g/mol. The number of anilines is 2. The number of benzene rings is 2. The maximum Gasteiger partial charge on any atom is 0.317 e. The van der Waals surface area contributed by atoms with E-state index in [4.69, 9.17) is 11.6 Å². The molecule has 2 N–H and O–H groups in total. The van der Waals surface area contributed by atoms with Crippen LogP contribution < -0.4 is 15.5 Å². The highest BCUT2D eigenvalue weighted by atomic mass is 35.5. The van der Waals surface area contributed by atoms with Crippen LogP contribution in [0, 0.1) is 0 Å². The fourth-order valence-corrected chi connectivity index (χ4v) is 4.06. The van der Waals surface area contributed by atoms with Crippen LogP contribution in [0.25, 0.3) is 0 Å². The highest BCUT2D eigenvalue weighted by molar-refractivity contribution is 6.33. The van der Waals surface area contributed by atoms with Crippen molar-refractivity contribution in [3.8, 4) is 0 Å². The van der Waals surface area contributed by atoms with Crippen molar-refractivity contribution in [1.29, 1.82) is 0 Å². The van der Waals surface area contributed by atoms with Crippen LogP contribution in [0.15, 0.2) is 48.5 Å². The third kappa shape index (κ3) is 7.11. The highest BCUT2D eigenvalue weighted by Gasteiger charge is 2.24. The molecule has 0 bridgehead atoms. The van der Waals surface area contributed by atoms with Gasteiger partial charge in [-0.25, -0.2) is 4.79 Å². The summed E-state index contributed by atoms with van der Waals surface area (Å²) in [5.41, 5.74) is 1.94. The van der Waals surface area contributed by atoms with Gasteiger partial charge in [0.15, 0.2) is 0 Å². The second-order valence-corrected chi connectivity index (χ2v) is 9.59. The van der Waals surface area contributed by atoms with E-state index in [1.54, 1.807) is 35.2 Å². The van der Waals surface area contributed by atoms with Crippen LogP contribution in [0.2, 0.25) is 5.02 Å². The van der Waals surface area contributed by atoms with Crippen molar-refractivity contribution >= 4 is 40.8 Å². The van der Waals surface area contributed by atoms with Crippen LogP contribution >= 0.6 is 11.6 Å². The maximum atomic E-state index is 12.9. The average molecular weight is 500 g/mol. The van der Waals surface area contributed by atoms with Gasteiger partial charge in [-0.15, -0.1) is 0 Å². The normalized spacial score (nSPS) is 13.7. The van der Waals surface area contributed by atoms with Crippen molar-refractivity contribution in [3.05, 3.63) is 59.1 Å². The van der Waals surface area contributed by atoms with Gasteiger partial charge in [-0.05, 0) is 58.0 Å². The van der Waals surface area contributed by atoms with E-state index >= 15 is 0 Å². The highest BCUT2D eigenvalue weighted by Crippen LogP contribution is 2.28. The van der Waals surface area contributed by atoms with Crippen LogP contribution in [-0.2, 0) is 4.79 Å². The summed E-state index contributed by atoms with van der Waals surface area (Å²) in [6, 6.07) is 14.3. The van der Waals surface area contributed by atoms with Crippen molar-refractivity contribution in [1.82, 2.24) is 15.1 Å². The molecular formula is C26H34ClN5O3. The summed E-state index contributed by atoms with van der Waals surface area (Å²) in [5, 5.41) is 6.21. The molecule has 0 saturated carbocycles. The molecule has 0 atom stereocenters. The minimum Gasteiger partial charge on any atom is -0.368 e. The van der Waals surface area contributed by atoms with Crippen LogP contribution in [-0.4, -0.2) is 72.5 Å². The average Bonchev–Trinajstić information content (AvgIpc) is 2.83. The van der Waals surface area contributed by atoms with Gasteiger partial charge in [0.25, 0.3) is 5.91 Å². The van der Waals surface area contributed by atoms with E-state index in [0.717, 1.165) is 5.69 Å². The Balaban J connectivity index is 1.64. The Morgan fingerprint density at radius 2 is 1.63 bits per heavy atom. The van der Waals surface area contributed by atoms with Crippen molar-refractivity contribution in [2.45, 2.75) is 39.8 Å². The molecule has 2 aromatic carbocycles. The molecule has 188 valence electrons. The molecule has 4 amide bonds. The molecule has 9 heteroatoms. The number of nitrogens with one attached hydrogen (secondary N) is 2. The molecule has 8 nitrogen and oxygen atoms in total. The fraction of sp³-hybridized carbons (Fsp3) is 0.423. The van der Waals surface area contributed by atoms with Crippen molar-refractivity contribution in [3.63, 3.8) is 0 Å². The molecule has 2 aromatic rings. The summed E-state index contributed by atoms with van der Waals surface area (Å²) < 4.78 is 0. The Kier molecular flexibility index (Phi) is 8.98. The Morgan fingerprint density at radius 3 is 2.23 bits per heavy atom. The number of carbonyl (C=O) groups is 3. The summed E-state index contributed by atoms with van der Waals surface area (Å²) in [5.74, 6) is -0.521. The number of rotatable bonds is 7. The summed E-state index contributed by atoms with van der Waals surface area (Å²) in [4.78, 5) is 43.5. The Morgan fingerprint density at radius 1 is 0.971 bits per heavy atom. The third-order valence-electron chi connectivity index (χ3n) is 5.79. The summed E-state index contributed by atoms with van der Waals surface area (Å²) >= 11 is 6.37. The van der Waals surface area contributed by atoms with Crippen molar-refractivity contribution in [2.24, 2.45) is 0 Å². The largest absolute Gasteiger partial charge is 0.368 e. The lowest BCUT2D eigenvalue weighted by Crippen LogP contribution is -2.52. The van der Waals surface area contributed by atoms with E-state index < -0.39 is 0 Å². The Hall–Kier alpha value is -3.26. The van der Waals surface area contributed by atoms with E-state index in [-0.39, 0.29) is 36.5 Å². The first-order valence-corrected chi connectivity index (χ1v) is 12.3. The minimum absolute atomic E-state index is 0.0523. The van der Waals surface area contributed by atoms with Crippen molar-refractivity contribution in [2.75, 3.05) is 42.9 Å². The molecule has 1 aliphatic rings. The molecule has 0 spiro atoms. The molecule has 1 aliphatic heterocycles. The van der Waals surface area contributed by atoms with Gasteiger partial charge in [0.1, 0.15) is 6.54 Å². The molecule has 3 rings (SSSR count). The second-order valence-electron chi connectivity index (χ2n) is 9.18. The lowest BCUT2D eigenvalue weighted by Gasteiger charge is -2.36. The summed E-state index contributed by atoms with van der Waals surface area (Å²) in [7, 11) is 0. The zero-order valence-electron chi connectivity index (χ0n) is 20.8. The predicted molar refractivity (Wildman–Crippen MR) is 140 cm³/mol. The van der Waals surface area contributed by atoms with Crippen LogP contribution in [0.1, 0.15) is 38.1 Å². The lowest BCUT2D eigenvalue weighted by atomic mass is 10.1. The fourth-order valence-electron chi connectivity index (χ4n) is 3.89. The molecule has 1 saturated heterocycles. The number of hydrogen-bond donors (Lipinski definition) is 2. The number of halogens is 1. The molecule has 1 heterocycles. The first-order chi connectivity index (χ1) is 16.7. The van der Waals surface area contributed by atoms with Crippen LogP contribution in [0.3, 0.4) is 0 Å². The lowest BCUT2D eigenvalue weighted by molar-refractivity contribution is -0.117. The van der Waals surface area contributed by atoms with Gasteiger partial charge in [0, 0.05) is 49.5 Å². The maximum absolute atomic E-state index is 12.9. The SMILES string of the molecule is CC(C)NC(=O)N1CCN(c2ccc(Cl)c(NC(=O)CN(C(=O)c3ccccc3)C(C)C)c2)CC1. The zero-order chi connectivity index (χ0) is 25.5. The minimum atomic E-state index is -0.322. The third-order valence-corrected chi connectivity index (χ3v) is 6.12.